The number of hydrogen-bond acceptors (Lipinski definition) is 5. The Hall–Kier alpha value is -2.18. The summed E-state index contributed by atoms with van der Waals surface area (Å²) in [6, 6.07) is 14.5. The highest BCUT2D eigenvalue weighted by molar-refractivity contribution is 7.90. The number of benzene rings is 2. The Labute approximate surface area is 145 Å². The summed E-state index contributed by atoms with van der Waals surface area (Å²) in [6.45, 7) is 1.88. The van der Waals surface area contributed by atoms with Gasteiger partial charge < -0.3 is 4.74 Å². The molecule has 0 atom stereocenters. The molecule has 24 heavy (non-hydrogen) atoms. The van der Waals surface area contributed by atoms with Crippen molar-refractivity contribution < 1.29 is 13.2 Å². The molecule has 0 aliphatic rings. The third kappa shape index (κ3) is 3.66. The highest BCUT2D eigenvalue weighted by Gasteiger charge is 2.18. The Morgan fingerprint density at radius 1 is 1.12 bits per heavy atom. The lowest BCUT2D eigenvalue weighted by Gasteiger charge is -2.04. The van der Waals surface area contributed by atoms with Crippen molar-refractivity contribution >= 4 is 21.2 Å². The predicted octanol–water partition coefficient (Wildman–Crippen LogP) is 4.10. The molecular formula is C18H17NO3S2. The first-order chi connectivity index (χ1) is 11.5. The third-order valence-electron chi connectivity index (χ3n) is 3.55. The van der Waals surface area contributed by atoms with Crippen molar-refractivity contribution in [3.05, 3.63) is 65.2 Å². The fourth-order valence-corrected chi connectivity index (χ4v) is 4.63. The van der Waals surface area contributed by atoms with Gasteiger partial charge in [0.1, 0.15) is 10.8 Å². The van der Waals surface area contributed by atoms with E-state index in [9.17, 15) is 8.42 Å². The fourth-order valence-electron chi connectivity index (χ4n) is 2.35. The summed E-state index contributed by atoms with van der Waals surface area (Å²) < 4.78 is 30.3. The van der Waals surface area contributed by atoms with Crippen LogP contribution in [0.2, 0.25) is 0 Å². The van der Waals surface area contributed by atoms with Gasteiger partial charge >= 0.3 is 0 Å². The van der Waals surface area contributed by atoms with Crippen LogP contribution in [0.1, 0.15) is 11.3 Å². The maximum Gasteiger partial charge on any atom is 0.184 e. The molecule has 0 unspecified atom stereocenters. The van der Waals surface area contributed by atoms with Gasteiger partial charge in [-0.2, -0.15) is 0 Å². The minimum absolute atomic E-state index is 0.100. The number of hydrogen-bond donors (Lipinski definition) is 0. The largest absolute Gasteiger partial charge is 0.497 e. The topological polar surface area (TPSA) is 56.3 Å². The van der Waals surface area contributed by atoms with Crippen molar-refractivity contribution in [1.29, 1.82) is 0 Å². The maximum absolute atomic E-state index is 12.5. The molecule has 0 spiro atoms. The average Bonchev–Trinajstić information content (AvgIpc) is 3.03. The highest BCUT2D eigenvalue weighted by atomic mass is 32.2. The molecule has 1 heterocycles. The summed E-state index contributed by atoms with van der Waals surface area (Å²) in [5, 5.41) is 2.57. The van der Waals surface area contributed by atoms with Gasteiger partial charge in [-0.1, -0.05) is 24.3 Å². The molecule has 4 nitrogen and oxygen atoms in total. The first-order valence-corrected chi connectivity index (χ1v) is 9.89. The van der Waals surface area contributed by atoms with E-state index in [4.69, 9.17) is 4.74 Å². The SMILES string of the molecule is COc1cccc(-c2nc(CS(=O)(=O)c3cccc(C)c3)cs2)c1. The maximum atomic E-state index is 12.5. The minimum Gasteiger partial charge on any atom is -0.497 e. The highest BCUT2D eigenvalue weighted by Crippen LogP contribution is 2.28. The standard InChI is InChI=1S/C18H17NO3S2/c1-13-5-3-8-17(9-13)24(20,21)12-15-11-23-18(19-15)14-6-4-7-16(10-14)22-2/h3-11H,12H2,1-2H3. The monoisotopic (exact) mass is 359 g/mol. The molecular weight excluding hydrogens is 342 g/mol. The number of rotatable bonds is 5. The van der Waals surface area contributed by atoms with Crippen molar-refractivity contribution in [2.24, 2.45) is 0 Å². The molecule has 124 valence electrons. The van der Waals surface area contributed by atoms with Gasteiger partial charge in [-0.25, -0.2) is 13.4 Å². The molecule has 1 aromatic heterocycles. The van der Waals surface area contributed by atoms with Gasteiger partial charge in [0.15, 0.2) is 9.84 Å². The molecule has 2 aromatic carbocycles. The Kier molecular flexibility index (Phi) is 4.69. The molecule has 0 saturated carbocycles. The van der Waals surface area contributed by atoms with E-state index in [0.717, 1.165) is 21.9 Å². The molecule has 0 aliphatic carbocycles. The summed E-state index contributed by atoms with van der Waals surface area (Å²) in [5.74, 6) is 0.647. The molecule has 0 N–H and O–H groups in total. The second-order valence-corrected chi connectivity index (χ2v) is 8.30. The van der Waals surface area contributed by atoms with Gasteiger partial charge in [-0.05, 0) is 36.8 Å². The zero-order chi connectivity index (χ0) is 17.2. The molecule has 0 saturated heterocycles. The summed E-state index contributed by atoms with van der Waals surface area (Å²) in [7, 11) is -1.79. The Morgan fingerprint density at radius 2 is 1.92 bits per heavy atom. The van der Waals surface area contributed by atoms with Crippen LogP contribution >= 0.6 is 11.3 Å². The van der Waals surface area contributed by atoms with Gasteiger partial charge in [-0.3, -0.25) is 0 Å². The number of sulfone groups is 1. The second-order valence-electron chi connectivity index (χ2n) is 5.45. The second kappa shape index (κ2) is 6.75. The Balaban J connectivity index is 1.86. The first kappa shape index (κ1) is 16.7. The summed E-state index contributed by atoms with van der Waals surface area (Å²) in [6.07, 6.45) is 0. The number of thiazole rings is 1. The van der Waals surface area contributed by atoms with Gasteiger partial charge in [-0.15, -0.1) is 11.3 Å². The van der Waals surface area contributed by atoms with Gasteiger partial charge in [0.2, 0.25) is 0 Å². The summed E-state index contributed by atoms with van der Waals surface area (Å²) in [5.41, 5.74) is 2.39. The number of aryl methyl sites for hydroxylation is 1. The van der Waals surface area contributed by atoms with Crippen molar-refractivity contribution in [2.75, 3.05) is 7.11 Å². The predicted molar refractivity (Wildman–Crippen MR) is 96.2 cm³/mol. The van der Waals surface area contributed by atoms with Crippen LogP contribution in [0.3, 0.4) is 0 Å². The van der Waals surface area contributed by atoms with E-state index in [0.29, 0.717) is 10.6 Å². The Bertz CT molecular complexity index is 962. The van der Waals surface area contributed by atoms with Crippen LogP contribution in [0, 0.1) is 6.92 Å². The summed E-state index contributed by atoms with van der Waals surface area (Å²) in [4.78, 5) is 4.80. The fraction of sp³-hybridized carbons (Fsp3) is 0.167. The number of methoxy groups -OCH3 is 1. The van der Waals surface area contributed by atoms with E-state index in [-0.39, 0.29) is 5.75 Å². The van der Waals surface area contributed by atoms with E-state index in [1.807, 2.05) is 37.3 Å². The van der Waals surface area contributed by atoms with Gasteiger partial charge in [0, 0.05) is 10.9 Å². The number of nitrogens with zero attached hydrogens (tertiary/aromatic N) is 1. The van der Waals surface area contributed by atoms with Crippen molar-refractivity contribution in [3.63, 3.8) is 0 Å². The summed E-state index contributed by atoms with van der Waals surface area (Å²) >= 11 is 1.43. The van der Waals surface area contributed by atoms with E-state index in [1.165, 1.54) is 11.3 Å². The van der Waals surface area contributed by atoms with Crippen LogP contribution in [-0.4, -0.2) is 20.5 Å². The lowest BCUT2D eigenvalue weighted by atomic mass is 10.2. The minimum atomic E-state index is -3.40. The average molecular weight is 359 g/mol. The van der Waals surface area contributed by atoms with Crippen molar-refractivity contribution in [3.8, 4) is 16.3 Å². The van der Waals surface area contributed by atoms with Crippen LogP contribution in [0.25, 0.3) is 10.6 Å². The zero-order valence-electron chi connectivity index (χ0n) is 13.4. The van der Waals surface area contributed by atoms with Crippen molar-refractivity contribution in [1.82, 2.24) is 4.98 Å². The molecule has 0 radical (unpaired) electrons. The molecule has 3 rings (SSSR count). The van der Waals surface area contributed by atoms with Gasteiger partial charge in [0.25, 0.3) is 0 Å². The third-order valence-corrected chi connectivity index (χ3v) is 6.14. The zero-order valence-corrected chi connectivity index (χ0v) is 15.0. The van der Waals surface area contributed by atoms with Crippen LogP contribution in [0.4, 0.5) is 0 Å². The molecule has 0 fully saturated rings. The van der Waals surface area contributed by atoms with Gasteiger partial charge in [0.05, 0.1) is 23.5 Å². The van der Waals surface area contributed by atoms with Crippen LogP contribution < -0.4 is 4.74 Å². The van der Waals surface area contributed by atoms with Crippen LogP contribution in [0.5, 0.6) is 5.75 Å². The molecule has 0 aliphatic heterocycles. The molecule has 6 heteroatoms. The van der Waals surface area contributed by atoms with E-state index >= 15 is 0 Å². The van der Waals surface area contributed by atoms with E-state index in [1.54, 1.807) is 30.7 Å². The normalized spacial score (nSPS) is 11.4. The molecule has 3 aromatic rings. The first-order valence-electron chi connectivity index (χ1n) is 7.36. The quantitative estimate of drug-likeness (QED) is 0.688. The lowest BCUT2D eigenvalue weighted by molar-refractivity contribution is 0.415. The van der Waals surface area contributed by atoms with E-state index in [2.05, 4.69) is 4.98 Å². The Morgan fingerprint density at radius 3 is 2.67 bits per heavy atom. The molecule has 0 bridgehead atoms. The van der Waals surface area contributed by atoms with Crippen molar-refractivity contribution in [2.45, 2.75) is 17.6 Å². The smallest absolute Gasteiger partial charge is 0.184 e. The van der Waals surface area contributed by atoms with Crippen LogP contribution in [-0.2, 0) is 15.6 Å². The number of ether oxygens (including phenoxy) is 1. The lowest BCUT2D eigenvalue weighted by Crippen LogP contribution is -2.05. The number of aromatic nitrogens is 1. The van der Waals surface area contributed by atoms with Crippen LogP contribution in [0.15, 0.2) is 58.8 Å². The van der Waals surface area contributed by atoms with E-state index < -0.39 is 9.84 Å². The molecule has 0 amide bonds.